The molecule has 0 radical (unpaired) electrons. The van der Waals surface area contributed by atoms with Gasteiger partial charge in [0.1, 0.15) is 0 Å². The molecule has 5 heteroatoms. The summed E-state index contributed by atoms with van der Waals surface area (Å²) in [7, 11) is 0. The molecule has 2 saturated heterocycles. The van der Waals surface area contributed by atoms with Crippen LogP contribution in [0.5, 0.6) is 0 Å². The Morgan fingerprint density at radius 3 is 2.42 bits per heavy atom. The normalized spacial score (nSPS) is 19.3. The van der Waals surface area contributed by atoms with Crippen LogP contribution in [0.3, 0.4) is 0 Å². The van der Waals surface area contributed by atoms with Crippen molar-refractivity contribution < 1.29 is 9.59 Å². The van der Waals surface area contributed by atoms with Gasteiger partial charge in [-0.2, -0.15) is 0 Å². The minimum atomic E-state index is -0.0673. The summed E-state index contributed by atoms with van der Waals surface area (Å²) in [6.07, 6.45) is 3.80. The van der Waals surface area contributed by atoms with Gasteiger partial charge in [0.25, 0.3) is 0 Å². The lowest BCUT2D eigenvalue weighted by Gasteiger charge is -2.44. The molecule has 142 valence electrons. The molecule has 1 aromatic carbocycles. The van der Waals surface area contributed by atoms with E-state index in [0.29, 0.717) is 18.8 Å². The summed E-state index contributed by atoms with van der Waals surface area (Å²) in [4.78, 5) is 29.3. The minimum absolute atomic E-state index is 0.0673. The van der Waals surface area contributed by atoms with Gasteiger partial charge in [0.2, 0.25) is 11.8 Å². The molecule has 0 saturated carbocycles. The van der Waals surface area contributed by atoms with Crippen molar-refractivity contribution in [2.24, 2.45) is 5.92 Å². The average Bonchev–Trinajstić information content (AvgIpc) is 3.04. The van der Waals surface area contributed by atoms with E-state index >= 15 is 0 Å². The summed E-state index contributed by atoms with van der Waals surface area (Å²) in [5.74, 6) is 1.94. The molecule has 0 N–H and O–H groups in total. The number of nitrogens with zero attached hydrogens (tertiary/aromatic N) is 2. The quantitative estimate of drug-likeness (QED) is 0.791. The Labute approximate surface area is 161 Å². The smallest absolute Gasteiger partial charge is 0.223 e. The van der Waals surface area contributed by atoms with E-state index in [9.17, 15) is 9.59 Å². The number of hydrogen-bond acceptors (Lipinski definition) is 3. The summed E-state index contributed by atoms with van der Waals surface area (Å²) < 4.78 is 0. The second-order valence-electron chi connectivity index (χ2n) is 7.80. The minimum Gasteiger partial charge on any atom is -0.342 e. The van der Waals surface area contributed by atoms with Crippen molar-refractivity contribution in [3.63, 3.8) is 0 Å². The van der Waals surface area contributed by atoms with Crippen LogP contribution in [-0.2, 0) is 16.0 Å². The zero-order valence-electron chi connectivity index (χ0n) is 15.9. The maximum atomic E-state index is 12.6. The highest BCUT2D eigenvalue weighted by molar-refractivity contribution is 8.00. The van der Waals surface area contributed by atoms with Gasteiger partial charge in [-0.05, 0) is 30.7 Å². The van der Waals surface area contributed by atoms with Crippen LogP contribution < -0.4 is 0 Å². The molecular formula is C21H30N2O2S. The van der Waals surface area contributed by atoms with Gasteiger partial charge in [-0.3, -0.25) is 9.59 Å². The number of thioether (sulfide) groups is 1. The van der Waals surface area contributed by atoms with Gasteiger partial charge in [-0.1, -0.05) is 44.2 Å². The number of hydrogen-bond donors (Lipinski definition) is 0. The third-order valence-corrected chi connectivity index (χ3v) is 6.98. The second-order valence-corrected chi connectivity index (χ2v) is 9.26. The predicted octanol–water partition coefficient (Wildman–Crippen LogP) is 3.56. The number of carbonyl (C=O) groups excluding carboxylic acids is 2. The molecule has 0 bridgehead atoms. The van der Waals surface area contributed by atoms with Crippen molar-refractivity contribution in [3.8, 4) is 0 Å². The van der Waals surface area contributed by atoms with Crippen LogP contribution in [0.4, 0.5) is 0 Å². The highest BCUT2D eigenvalue weighted by Crippen LogP contribution is 2.44. The van der Waals surface area contributed by atoms with Crippen LogP contribution in [0.25, 0.3) is 0 Å². The fraction of sp³-hybridized carbons (Fsp3) is 0.619. The molecule has 1 spiro atoms. The van der Waals surface area contributed by atoms with Crippen molar-refractivity contribution >= 4 is 23.6 Å². The lowest BCUT2D eigenvalue weighted by atomic mass is 9.99. The van der Waals surface area contributed by atoms with Crippen LogP contribution in [0.1, 0.15) is 45.1 Å². The van der Waals surface area contributed by atoms with Crippen LogP contribution in [0, 0.1) is 5.92 Å². The zero-order valence-corrected chi connectivity index (χ0v) is 16.8. The van der Waals surface area contributed by atoms with E-state index < -0.39 is 0 Å². The van der Waals surface area contributed by atoms with Crippen molar-refractivity contribution in [2.75, 3.05) is 25.4 Å². The summed E-state index contributed by atoms with van der Waals surface area (Å²) in [6, 6.07) is 10.2. The molecule has 0 aromatic heterocycles. The monoisotopic (exact) mass is 374 g/mol. The molecule has 1 aromatic rings. The lowest BCUT2D eigenvalue weighted by Crippen LogP contribution is -2.53. The van der Waals surface area contributed by atoms with Gasteiger partial charge in [-0.15, -0.1) is 11.8 Å². The average molecular weight is 375 g/mol. The molecule has 4 nitrogen and oxygen atoms in total. The van der Waals surface area contributed by atoms with Crippen LogP contribution in [-0.4, -0.2) is 51.9 Å². The molecule has 26 heavy (non-hydrogen) atoms. The van der Waals surface area contributed by atoms with E-state index in [0.717, 1.165) is 44.6 Å². The lowest BCUT2D eigenvalue weighted by molar-refractivity contribution is -0.137. The fourth-order valence-electron chi connectivity index (χ4n) is 3.99. The molecule has 3 rings (SSSR count). The number of aryl methyl sites for hydroxylation is 1. The first-order valence-electron chi connectivity index (χ1n) is 9.76. The Bertz CT molecular complexity index is 624. The number of carbonyl (C=O) groups is 2. The fourth-order valence-corrected chi connectivity index (χ4v) is 5.47. The Hall–Kier alpha value is -1.49. The van der Waals surface area contributed by atoms with Crippen molar-refractivity contribution in [2.45, 2.75) is 50.8 Å². The zero-order chi connectivity index (χ0) is 18.6. The van der Waals surface area contributed by atoms with Crippen molar-refractivity contribution in [3.05, 3.63) is 35.9 Å². The number of benzene rings is 1. The predicted molar refractivity (Wildman–Crippen MR) is 107 cm³/mol. The molecule has 0 unspecified atom stereocenters. The highest BCUT2D eigenvalue weighted by Gasteiger charge is 2.46. The van der Waals surface area contributed by atoms with Gasteiger partial charge in [0.15, 0.2) is 0 Å². The molecule has 2 aliphatic heterocycles. The van der Waals surface area contributed by atoms with Gasteiger partial charge >= 0.3 is 0 Å². The standard InChI is InChI=1S/C21H30N2O2S/c1-17(2)16-20(25)23-14-15-26-21(23)10-12-22(13-11-21)19(24)9-8-18-6-4-3-5-7-18/h3-7,17H,8-16H2,1-2H3. The highest BCUT2D eigenvalue weighted by atomic mass is 32.2. The molecular weight excluding hydrogens is 344 g/mol. The van der Waals surface area contributed by atoms with Crippen molar-refractivity contribution in [1.29, 1.82) is 0 Å². The van der Waals surface area contributed by atoms with E-state index in [1.54, 1.807) is 0 Å². The summed E-state index contributed by atoms with van der Waals surface area (Å²) in [5.41, 5.74) is 1.21. The molecule has 2 heterocycles. The number of rotatable bonds is 5. The second kappa shape index (κ2) is 8.47. The summed E-state index contributed by atoms with van der Waals surface area (Å²) in [5, 5.41) is 0. The summed E-state index contributed by atoms with van der Waals surface area (Å²) in [6.45, 7) is 6.60. The van der Waals surface area contributed by atoms with E-state index in [1.165, 1.54) is 5.56 Å². The van der Waals surface area contributed by atoms with E-state index in [2.05, 4.69) is 30.9 Å². The number of amides is 2. The van der Waals surface area contributed by atoms with Gasteiger partial charge in [-0.25, -0.2) is 0 Å². The van der Waals surface area contributed by atoms with Crippen molar-refractivity contribution in [1.82, 2.24) is 9.80 Å². The number of likely N-dealkylation sites (tertiary alicyclic amines) is 1. The maximum absolute atomic E-state index is 12.6. The van der Waals surface area contributed by atoms with E-state index in [-0.39, 0.29) is 16.7 Å². The first-order valence-corrected chi connectivity index (χ1v) is 10.7. The Kier molecular flexibility index (Phi) is 6.28. The van der Waals surface area contributed by atoms with Gasteiger partial charge in [0.05, 0.1) is 4.87 Å². The van der Waals surface area contributed by atoms with Gasteiger partial charge in [0, 0.05) is 38.2 Å². The number of piperidine rings is 1. The van der Waals surface area contributed by atoms with Crippen LogP contribution in [0.2, 0.25) is 0 Å². The maximum Gasteiger partial charge on any atom is 0.223 e. The van der Waals surface area contributed by atoms with E-state index in [1.807, 2.05) is 34.9 Å². The summed E-state index contributed by atoms with van der Waals surface area (Å²) >= 11 is 1.92. The molecule has 2 aliphatic rings. The van der Waals surface area contributed by atoms with Crippen LogP contribution >= 0.6 is 11.8 Å². The molecule has 0 aliphatic carbocycles. The Morgan fingerprint density at radius 2 is 1.77 bits per heavy atom. The SMILES string of the molecule is CC(C)CC(=O)N1CCSC12CCN(C(=O)CCc1ccccc1)CC2. The topological polar surface area (TPSA) is 40.6 Å². The third kappa shape index (κ3) is 4.43. The molecule has 2 amide bonds. The van der Waals surface area contributed by atoms with Crippen LogP contribution in [0.15, 0.2) is 30.3 Å². The Balaban J connectivity index is 1.53. The molecule has 0 atom stereocenters. The largest absolute Gasteiger partial charge is 0.342 e. The first kappa shape index (κ1) is 19.3. The van der Waals surface area contributed by atoms with Gasteiger partial charge < -0.3 is 9.80 Å². The molecule has 2 fully saturated rings. The van der Waals surface area contributed by atoms with E-state index in [4.69, 9.17) is 0 Å². The first-order chi connectivity index (χ1) is 12.5. The Morgan fingerprint density at radius 1 is 1.08 bits per heavy atom. The third-order valence-electron chi connectivity index (χ3n) is 5.43.